The number of nitrogens with zero attached hydrogens (tertiary/aromatic N) is 1. The Morgan fingerprint density at radius 3 is 2.44 bits per heavy atom. The highest BCUT2D eigenvalue weighted by atomic mass is 35.5. The van der Waals surface area contributed by atoms with E-state index in [1.807, 2.05) is 4.72 Å². The third kappa shape index (κ3) is 6.04. The number of sulfonamides is 1. The molecule has 1 aromatic carbocycles. The van der Waals surface area contributed by atoms with Gasteiger partial charge < -0.3 is 10.1 Å². The van der Waals surface area contributed by atoms with Crippen LogP contribution in [0.15, 0.2) is 29.2 Å². The maximum atomic E-state index is 13.4. The fourth-order valence-electron chi connectivity index (χ4n) is 2.69. The van der Waals surface area contributed by atoms with E-state index < -0.39 is 39.7 Å². The molecule has 2 N–H and O–H groups in total. The highest BCUT2D eigenvalue weighted by Gasteiger charge is 2.44. The highest BCUT2D eigenvalue weighted by Crippen LogP contribution is 2.25. The van der Waals surface area contributed by atoms with Crippen molar-refractivity contribution in [1.29, 1.82) is 0 Å². The van der Waals surface area contributed by atoms with Crippen molar-refractivity contribution in [1.82, 2.24) is 14.9 Å². The standard InChI is InChI=1S/C15H20F3N3O4S.ClH/c1-25-14(22)11-4-2-3-5-12(11)26(23,24)20-10-13(15(16,17)18)21-8-6-19-7-9-21;/h2-5,13,19-20H,6-10H2,1H3;1H. The average molecular weight is 432 g/mol. The van der Waals surface area contributed by atoms with Crippen LogP contribution >= 0.6 is 12.4 Å². The fraction of sp³-hybridized carbons (Fsp3) is 0.533. The first-order chi connectivity index (χ1) is 12.2. The normalized spacial score (nSPS) is 17.0. The molecule has 0 amide bonds. The second kappa shape index (κ2) is 9.69. The van der Waals surface area contributed by atoms with E-state index >= 15 is 0 Å². The summed E-state index contributed by atoms with van der Waals surface area (Å²) >= 11 is 0. The van der Waals surface area contributed by atoms with Gasteiger partial charge in [-0.05, 0) is 12.1 Å². The number of halogens is 4. The molecule has 0 saturated carbocycles. The van der Waals surface area contributed by atoms with Crippen LogP contribution in [0.25, 0.3) is 0 Å². The Hall–Kier alpha value is -1.40. The minimum absolute atomic E-state index is 0. The Bertz CT molecular complexity index is 740. The first kappa shape index (κ1) is 23.6. The van der Waals surface area contributed by atoms with Crippen LogP contribution in [0.3, 0.4) is 0 Å². The van der Waals surface area contributed by atoms with Crippen LogP contribution < -0.4 is 10.0 Å². The number of rotatable bonds is 6. The lowest BCUT2D eigenvalue weighted by atomic mass is 10.2. The first-order valence-electron chi connectivity index (χ1n) is 7.85. The maximum Gasteiger partial charge on any atom is 0.405 e. The predicted octanol–water partition coefficient (Wildman–Crippen LogP) is 1.01. The number of esters is 1. The lowest BCUT2D eigenvalue weighted by molar-refractivity contribution is -0.182. The van der Waals surface area contributed by atoms with Crippen molar-refractivity contribution in [2.24, 2.45) is 0 Å². The molecular formula is C15H21ClF3N3O4S. The molecule has 1 saturated heterocycles. The lowest BCUT2D eigenvalue weighted by Crippen LogP contribution is -2.57. The summed E-state index contributed by atoms with van der Waals surface area (Å²) in [6, 6.07) is 3.23. The summed E-state index contributed by atoms with van der Waals surface area (Å²) < 4.78 is 71.6. The number of benzene rings is 1. The van der Waals surface area contributed by atoms with Crippen LogP contribution in [0, 0.1) is 0 Å². The minimum atomic E-state index is -4.60. The van der Waals surface area contributed by atoms with Crippen LogP contribution in [0.5, 0.6) is 0 Å². The molecule has 1 heterocycles. The topological polar surface area (TPSA) is 87.7 Å². The van der Waals surface area contributed by atoms with Crippen molar-refractivity contribution >= 4 is 28.4 Å². The number of ether oxygens (including phenoxy) is 1. The van der Waals surface area contributed by atoms with Gasteiger partial charge in [0.1, 0.15) is 6.04 Å². The number of alkyl halides is 3. The molecule has 1 atom stereocenters. The average Bonchev–Trinajstić information content (AvgIpc) is 2.61. The molecule has 0 radical (unpaired) electrons. The van der Waals surface area contributed by atoms with Gasteiger partial charge in [-0.25, -0.2) is 17.9 Å². The summed E-state index contributed by atoms with van der Waals surface area (Å²) in [7, 11) is -3.25. The zero-order valence-corrected chi connectivity index (χ0v) is 16.1. The monoisotopic (exact) mass is 431 g/mol. The van der Waals surface area contributed by atoms with Gasteiger partial charge in [0, 0.05) is 32.7 Å². The second-order valence-corrected chi connectivity index (χ2v) is 7.42. The Labute approximate surface area is 161 Å². The molecule has 0 spiro atoms. The molecule has 2 rings (SSSR count). The van der Waals surface area contributed by atoms with E-state index in [0.717, 1.165) is 13.2 Å². The zero-order chi connectivity index (χ0) is 19.4. The van der Waals surface area contributed by atoms with E-state index in [0.29, 0.717) is 13.1 Å². The number of hydrogen-bond acceptors (Lipinski definition) is 6. The molecule has 1 aromatic rings. The minimum Gasteiger partial charge on any atom is -0.465 e. The van der Waals surface area contributed by atoms with Crippen LogP contribution in [-0.2, 0) is 14.8 Å². The summed E-state index contributed by atoms with van der Waals surface area (Å²) in [6.45, 7) is 0.256. The van der Waals surface area contributed by atoms with Gasteiger partial charge in [0.2, 0.25) is 10.0 Å². The number of carbonyl (C=O) groups excluding carboxylic acids is 1. The smallest absolute Gasteiger partial charge is 0.405 e. The van der Waals surface area contributed by atoms with Crippen LogP contribution in [-0.4, -0.2) is 71.3 Å². The van der Waals surface area contributed by atoms with E-state index in [1.165, 1.54) is 23.1 Å². The van der Waals surface area contributed by atoms with E-state index in [1.54, 1.807) is 0 Å². The van der Waals surface area contributed by atoms with Crippen molar-refractivity contribution in [2.45, 2.75) is 17.1 Å². The van der Waals surface area contributed by atoms with Crippen molar-refractivity contribution in [2.75, 3.05) is 39.8 Å². The van der Waals surface area contributed by atoms with E-state index in [4.69, 9.17) is 0 Å². The van der Waals surface area contributed by atoms with Gasteiger partial charge in [-0.1, -0.05) is 12.1 Å². The van der Waals surface area contributed by atoms with Gasteiger partial charge in [-0.3, -0.25) is 4.90 Å². The number of piperazine rings is 1. The molecule has 1 aliphatic heterocycles. The Balaban J connectivity index is 0.00000364. The quantitative estimate of drug-likeness (QED) is 0.654. The summed E-state index contributed by atoms with van der Waals surface area (Å²) in [4.78, 5) is 12.5. The number of nitrogens with one attached hydrogen (secondary N) is 2. The van der Waals surface area contributed by atoms with E-state index in [2.05, 4.69) is 10.1 Å². The molecule has 0 aliphatic carbocycles. The van der Waals surface area contributed by atoms with Gasteiger partial charge in [-0.2, -0.15) is 13.2 Å². The van der Waals surface area contributed by atoms with Gasteiger partial charge in [-0.15, -0.1) is 12.4 Å². The third-order valence-electron chi connectivity index (χ3n) is 4.02. The van der Waals surface area contributed by atoms with Crippen molar-refractivity contribution in [3.8, 4) is 0 Å². The fourth-order valence-corrected chi connectivity index (χ4v) is 3.92. The third-order valence-corrected chi connectivity index (χ3v) is 5.50. The van der Waals surface area contributed by atoms with Crippen molar-refractivity contribution < 1.29 is 31.1 Å². The van der Waals surface area contributed by atoms with Crippen molar-refractivity contribution in [3.05, 3.63) is 29.8 Å². The number of methoxy groups -OCH3 is 1. The zero-order valence-electron chi connectivity index (χ0n) is 14.5. The van der Waals surface area contributed by atoms with Crippen molar-refractivity contribution in [3.63, 3.8) is 0 Å². The number of hydrogen-bond donors (Lipinski definition) is 2. The van der Waals surface area contributed by atoms with Gasteiger partial charge in [0.15, 0.2) is 0 Å². The molecule has 0 bridgehead atoms. The number of carbonyl (C=O) groups is 1. The van der Waals surface area contributed by atoms with Crippen LogP contribution in [0.1, 0.15) is 10.4 Å². The van der Waals surface area contributed by atoms with Crippen LogP contribution in [0.4, 0.5) is 13.2 Å². The molecule has 27 heavy (non-hydrogen) atoms. The Kier molecular flexibility index (Phi) is 8.48. The summed E-state index contributed by atoms with van der Waals surface area (Å²) in [5, 5.41) is 2.95. The molecule has 1 aliphatic rings. The summed E-state index contributed by atoms with van der Waals surface area (Å²) in [6.07, 6.45) is -4.60. The van der Waals surface area contributed by atoms with E-state index in [9.17, 15) is 26.4 Å². The Morgan fingerprint density at radius 2 is 1.89 bits per heavy atom. The van der Waals surface area contributed by atoms with Crippen LogP contribution in [0.2, 0.25) is 0 Å². The molecule has 7 nitrogen and oxygen atoms in total. The highest BCUT2D eigenvalue weighted by molar-refractivity contribution is 7.89. The first-order valence-corrected chi connectivity index (χ1v) is 9.33. The summed E-state index contributed by atoms with van der Waals surface area (Å²) in [5.41, 5.74) is -0.242. The molecule has 154 valence electrons. The van der Waals surface area contributed by atoms with Gasteiger partial charge in [0.05, 0.1) is 17.6 Å². The molecular weight excluding hydrogens is 411 g/mol. The van der Waals surface area contributed by atoms with Gasteiger partial charge >= 0.3 is 12.1 Å². The second-order valence-electron chi connectivity index (χ2n) is 5.68. The molecule has 12 heteroatoms. The van der Waals surface area contributed by atoms with E-state index in [-0.39, 0.29) is 31.1 Å². The molecule has 0 aromatic heterocycles. The summed E-state index contributed by atoms with van der Waals surface area (Å²) in [5.74, 6) is -0.888. The Morgan fingerprint density at radius 1 is 1.30 bits per heavy atom. The predicted molar refractivity (Wildman–Crippen MR) is 94.5 cm³/mol. The SMILES string of the molecule is COC(=O)c1ccccc1S(=O)(=O)NCC(N1CCNCC1)C(F)(F)F.Cl. The van der Waals surface area contributed by atoms with Gasteiger partial charge in [0.25, 0.3) is 0 Å². The molecule has 1 unspecified atom stereocenters. The maximum absolute atomic E-state index is 13.4. The largest absolute Gasteiger partial charge is 0.465 e. The molecule has 1 fully saturated rings. The lowest BCUT2D eigenvalue weighted by Gasteiger charge is -2.35.